The first-order valence-electron chi connectivity index (χ1n) is 7.23. The van der Waals surface area contributed by atoms with Crippen LogP contribution in [0.1, 0.15) is 20.7 Å². The van der Waals surface area contributed by atoms with Gasteiger partial charge in [0.05, 0.1) is 12.7 Å². The van der Waals surface area contributed by atoms with Crippen LogP contribution in [0.15, 0.2) is 54.7 Å². The Morgan fingerprint density at radius 3 is 2.50 bits per heavy atom. The molecule has 122 valence electrons. The van der Waals surface area contributed by atoms with Crippen LogP contribution in [0.5, 0.6) is 11.5 Å². The van der Waals surface area contributed by atoms with E-state index < -0.39 is 5.97 Å². The second-order valence-electron chi connectivity index (χ2n) is 4.98. The third-order valence-electron chi connectivity index (χ3n) is 3.45. The molecule has 0 fully saturated rings. The van der Waals surface area contributed by atoms with Gasteiger partial charge in [-0.2, -0.15) is 0 Å². The lowest BCUT2D eigenvalue weighted by Crippen LogP contribution is -2.01. The monoisotopic (exact) mass is 325 g/mol. The summed E-state index contributed by atoms with van der Waals surface area (Å²) in [4.78, 5) is 23.5. The van der Waals surface area contributed by atoms with E-state index in [0.717, 1.165) is 5.69 Å². The van der Waals surface area contributed by atoms with Crippen molar-refractivity contribution >= 4 is 17.4 Å². The third kappa shape index (κ3) is 3.38. The first-order chi connectivity index (χ1) is 11.7. The standard InChI is InChI=1S/C18H15NO5/c1-22-18(21)12-2-5-14(6-3-12)19-9-8-15(20)13-4-7-16-17(10-13)24-11-23-16/h2-10,19H,11H2,1H3/b9-8-. The second-order valence-corrected chi connectivity index (χ2v) is 4.98. The highest BCUT2D eigenvalue weighted by Gasteiger charge is 2.15. The highest BCUT2D eigenvalue weighted by molar-refractivity contribution is 6.05. The van der Waals surface area contributed by atoms with E-state index in [9.17, 15) is 9.59 Å². The number of methoxy groups -OCH3 is 1. The molecule has 2 aromatic rings. The van der Waals surface area contributed by atoms with E-state index in [4.69, 9.17) is 9.47 Å². The molecule has 1 aliphatic heterocycles. The van der Waals surface area contributed by atoms with Gasteiger partial charge in [-0.1, -0.05) is 0 Å². The van der Waals surface area contributed by atoms with Crippen molar-refractivity contribution in [2.75, 3.05) is 19.2 Å². The zero-order valence-corrected chi connectivity index (χ0v) is 12.9. The summed E-state index contributed by atoms with van der Waals surface area (Å²) in [5.74, 6) is 0.655. The zero-order valence-electron chi connectivity index (χ0n) is 12.9. The molecule has 0 saturated heterocycles. The van der Waals surface area contributed by atoms with Crippen molar-refractivity contribution in [2.45, 2.75) is 0 Å². The van der Waals surface area contributed by atoms with E-state index >= 15 is 0 Å². The molecule has 24 heavy (non-hydrogen) atoms. The Hall–Kier alpha value is -3.28. The molecule has 6 nitrogen and oxygen atoms in total. The van der Waals surface area contributed by atoms with Crippen molar-refractivity contribution in [2.24, 2.45) is 0 Å². The summed E-state index contributed by atoms with van der Waals surface area (Å²) < 4.78 is 15.1. The van der Waals surface area contributed by atoms with Crippen molar-refractivity contribution in [3.05, 3.63) is 65.9 Å². The van der Waals surface area contributed by atoms with Gasteiger partial charge < -0.3 is 19.5 Å². The molecular formula is C18H15NO5. The topological polar surface area (TPSA) is 73.9 Å². The summed E-state index contributed by atoms with van der Waals surface area (Å²) >= 11 is 0. The van der Waals surface area contributed by atoms with E-state index in [1.54, 1.807) is 48.7 Å². The highest BCUT2D eigenvalue weighted by Crippen LogP contribution is 2.32. The van der Waals surface area contributed by atoms with Crippen molar-refractivity contribution in [3.63, 3.8) is 0 Å². The number of rotatable bonds is 5. The van der Waals surface area contributed by atoms with Crippen molar-refractivity contribution in [3.8, 4) is 11.5 Å². The highest BCUT2D eigenvalue weighted by atomic mass is 16.7. The number of anilines is 1. The molecule has 1 aliphatic rings. The van der Waals surface area contributed by atoms with Gasteiger partial charge in [0.2, 0.25) is 6.79 Å². The number of benzene rings is 2. The Kier molecular flexibility index (Phi) is 4.47. The van der Waals surface area contributed by atoms with Gasteiger partial charge in [-0.05, 0) is 42.5 Å². The smallest absolute Gasteiger partial charge is 0.337 e. The molecule has 0 unspecified atom stereocenters. The van der Waals surface area contributed by atoms with E-state index in [2.05, 4.69) is 10.1 Å². The minimum atomic E-state index is -0.393. The molecule has 0 spiro atoms. The van der Waals surface area contributed by atoms with Gasteiger partial charge in [-0.3, -0.25) is 4.79 Å². The molecule has 0 radical (unpaired) electrons. The number of nitrogens with one attached hydrogen (secondary N) is 1. The van der Waals surface area contributed by atoms with Crippen molar-refractivity contribution < 1.29 is 23.8 Å². The van der Waals surface area contributed by atoms with Gasteiger partial charge in [0.25, 0.3) is 0 Å². The molecule has 0 amide bonds. The molecule has 1 N–H and O–H groups in total. The normalized spacial score (nSPS) is 12.2. The molecule has 0 bridgehead atoms. The van der Waals surface area contributed by atoms with Crippen LogP contribution in [0.4, 0.5) is 5.69 Å². The van der Waals surface area contributed by atoms with E-state index in [-0.39, 0.29) is 12.6 Å². The van der Waals surface area contributed by atoms with Gasteiger partial charge in [-0.25, -0.2) is 4.79 Å². The number of allylic oxidation sites excluding steroid dienone is 1. The Balaban J connectivity index is 1.61. The SMILES string of the molecule is COC(=O)c1ccc(N/C=C\C(=O)c2ccc3c(c2)OCO3)cc1. The number of carbonyl (C=O) groups excluding carboxylic acids is 2. The number of hydrogen-bond donors (Lipinski definition) is 1. The van der Waals surface area contributed by atoms with Crippen LogP contribution < -0.4 is 14.8 Å². The summed E-state index contributed by atoms with van der Waals surface area (Å²) in [6, 6.07) is 11.8. The van der Waals surface area contributed by atoms with E-state index in [0.29, 0.717) is 22.6 Å². The van der Waals surface area contributed by atoms with Crippen molar-refractivity contribution in [1.29, 1.82) is 0 Å². The molecule has 0 aliphatic carbocycles. The lowest BCUT2D eigenvalue weighted by Gasteiger charge is -2.03. The Morgan fingerprint density at radius 1 is 1.04 bits per heavy atom. The maximum Gasteiger partial charge on any atom is 0.337 e. The van der Waals surface area contributed by atoms with Gasteiger partial charge in [-0.15, -0.1) is 0 Å². The van der Waals surface area contributed by atoms with Gasteiger partial charge in [0.1, 0.15) is 0 Å². The van der Waals surface area contributed by atoms with Crippen molar-refractivity contribution in [1.82, 2.24) is 0 Å². The van der Waals surface area contributed by atoms with Crippen LogP contribution in [-0.4, -0.2) is 25.7 Å². The molecule has 0 aromatic heterocycles. The second kappa shape index (κ2) is 6.87. The van der Waals surface area contributed by atoms with Crippen LogP contribution in [-0.2, 0) is 4.74 Å². The first-order valence-corrected chi connectivity index (χ1v) is 7.23. The number of fused-ring (bicyclic) bond motifs is 1. The molecule has 6 heteroatoms. The lowest BCUT2D eigenvalue weighted by atomic mass is 10.1. The number of hydrogen-bond acceptors (Lipinski definition) is 6. The van der Waals surface area contributed by atoms with Gasteiger partial charge >= 0.3 is 5.97 Å². The molecule has 0 atom stereocenters. The van der Waals surface area contributed by atoms with E-state index in [1.807, 2.05) is 0 Å². The number of esters is 1. The fourth-order valence-electron chi connectivity index (χ4n) is 2.18. The molecular weight excluding hydrogens is 310 g/mol. The van der Waals surface area contributed by atoms with Crippen LogP contribution in [0.25, 0.3) is 0 Å². The summed E-state index contributed by atoms with van der Waals surface area (Å²) in [5, 5.41) is 2.97. The maximum atomic E-state index is 12.1. The summed E-state index contributed by atoms with van der Waals surface area (Å²) in [6.45, 7) is 0.173. The molecule has 0 saturated carbocycles. The minimum absolute atomic E-state index is 0.160. The summed E-state index contributed by atoms with van der Waals surface area (Å²) in [7, 11) is 1.33. The Morgan fingerprint density at radius 2 is 1.75 bits per heavy atom. The number of ketones is 1. The first kappa shape index (κ1) is 15.6. The van der Waals surface area contributed by atoms with E-state index in [1.165, 1.54) is 13.2 Å². The van der Waals surface area contributed by atoms with Crippen LogP contribution in [0.2, 0.25) is 0 Å². The van der Waals surface area contributed by atoms with Gasteiger partial charge in [0.15, 0.2) is 17.3 Å². The quantitative estimate of drug-likeness (QED) is 0.517. The maximum absolute atomic E-state index is 12.1. The molecule has 1 heterocycles. The fourth-order valence-corrected chi connectivity index (χ4v) is 2.18. The molecule has 3 rings (SSSR count). The predicted molar refractivity (Wildman–Crippen MR) is 87.4 cm³/mol. The average Bonchev–Trinajstić information content (AvgIpc) is 3.09. The fraction of sp³-hybridized carbons (Fsp3) is 0.111. The van der Waals surface area contributed by atoms with Crippen LogP contribution in [0, 0.1) is 0 Å². The summed E-state index contributed by atoms with van der Waals surface area (Å²) in [6.07, 6.45) is 2.96. The van der Waals surface area contributed by atoms with Crippen LogP contribution >= 0.6 is 0 Å². The minimum Gasteiger partial charge on any atom is -0.465 e. The number of carbonyl (C=O) groups is 2. The summed E-state index contributed by atoms with van der Waals surface area (Å²) in [5.41, 5.74) is 1.72. The average molecular weight is 325 g/mol. The largest absolute Gasteiger partial charge is 0.465 e. The van der Waals surface area contributed by atoms with Crippen LogP contribution in [0.3, 0.4) is 0 Å². The third-order valence-corrected chi connectivity index (χ3v) is 3.45. The zero-order chi connectivity index (χ0) is 16.9. The Bertz CT molecular complexity index is 796. The predicted octanol–water partition coefficient (Wildman–Crippen LogP) is 3.01. The number of ether oxygens (including phenoxy) is 3. The Labute approximate surface area is 138 Å². The lowest BCUT2D eigenvalue weighted by molar-refractivity contribution is 0.0600. The molecule has 2 aromatic carbocycles. The van der Waals surface area contributed by atoms with Gasteiger partial charge in [0, 0.05) is 23.5 Å².